The van der Waals surface area contributed by atoms with Gasteiger partial charge in [-0.3, -0.25) is 14.9 Å². The number of hydrogen-bond donors (Lipinski definition) is 1. The van der Waals surface area contributed by atoms with Crippen LogP contribution in [-0.4, -0.2) is 23.4 Å². The fraction of sp³-hybridized carbons (Fsp3) is 0.263. The number of amides is 1. The Kier molecular flexibility index (Phi) is 6.90. The van der Waals surface area contributed by atoms with E-state index in [1.54, 1.807) is 0 Å². The second-order valence-corrected chi connectivity index (χ2v) is 6.32. The van der Waals surface area contributed by atoms with Crippen LogP contribution in [0, 0.1) is 10.1 Å². The molecule has 2 aromatic carbocycles. The van der Waals surface area contributed by atoms with E-state index in [0.29, 0.717) is 0 Å². The summed E-state index contributed by atoms with van der Waals surface area (Å²) in [6.45, 7) is 3.31. The van der Waals surface area contributed by atoms with E-state index in [-0.39, 0.29) is 16.6 Å². The Morgan fingerprint density at radius 1 is 1.22 bits per heavy atom. The average Bonchev–Trinajstić information content (AvgIpc) is 2.65. The molecule has 7 nitrogen and oxygen atoms in total. The number of nitrogens with zero attached hydrogens (tertiary/aromatic N) is 1. The number of nitro benzene ring substituents is 1. The van der Waals surface area contributed by atoms with E-state index in [0.717, 1.165) is 24.1 Å². The molecular weight excluding hydrogens is 372 g/mol. The van der Waals surface area contributed by atoms with E-state index in [2.05, 4.69) is 12.2 Å². The number of aryl methyl sites for hydroxylation is 1. The summed E-state index contributed by atoms with van der Waals surface area (Å²) in [7, 11) is 0. The number of nitrogens with one attached hydrogen (secondary N) is 1. The van der Waals surface area contributed by atoms with Gasteiger partial charge in [-0.1, -0.05) is 42.8 Å². The number of halogens is 1. The van der Waals surface area contributed by atoms with Gasteiger partial charge in [-0.25, -0.2) is 4.79 Å². The van der Waals surface area contributed by atoms with E-state index in [1.807, 2.05) is 31.2 Å². The summed E-state index contributed by atoms with van der Waals surface area (Å²) in [6, 6.07) is 11.1. The fourth-order valence-corrected chi connectivity index (χ4v) is 2.62. The van der Waals surface area contributed by atoms with Gasteiger partial charge in [0.2, 0.25) is 0 Å². The van der Waals surface area contributed by atoms with E-state index < -0.39 is 29.1 Å². The van der Waals surface area contributed by atoms with Crippen molar-refractivity contribution >= 4 is 29.2 Å². The second kappa shape index (κ2) is 9.14. The van der Waals surface area contributed by atoms with E-state index in [1.165, 1.54) is 11.6 Å². The molecule has 0 aromatic heterocycles. The van der Waals surface area contributed by atoms with Crippen LogP contribution in [0.1, 0.15) is 41.4 Å². The van der Waals surface area contributed by atoms with Gasteiger partial charge in [-0.2, -0.15) is 0 Å². The molecular formula is C19H19ClN2O5. The van der Waals surface area contributed by atoms with Gasteiger partial charge in [0.1, 0.15) is 5.56 Å². The maximum atomic E-state index is 12.1. The van der Waals surface area contributed by atoms with Crippen LogP contribution in [-0.2, 0) is 16.0 Å². The summed E-state index contributed by atoms with van der Waals surface area (Å²) >= 11 is 5.78. The summed E-state index contributed by atoms with van der Waals surface area (Å²) in [6.07, 6.45) is 0.923. The van der Waals surface area contributed by atoms with E-state index >= 15 is 0 Å². The van der Waals surface area contributed by atoms with Crippen molar-refractivity contribution in [2.45, 2.75) is 26.3 Å². The highest BCUT2D eigenvalue weighted by atomic mass is 35.5. The largest absolute Gasteiger partial charge is 0.452 e. The Bertz CT molecular complexity index is 852. The summed E-state index contributed by atoms with van der Waals surface area (Å²) in [5.74, 6) is -1.50. The first-order chi connectivity index (χ1) is 12.8. The van der Waals surface area contributed by atoms with Gasteiger partial charge in [-0.15, -0.1) is 0 Å². The molecule has 0 heterocycles. The summed E-state index contributed by atoms with van der Waals surface area (Å²) in [4.78, 5) is 34.4. The van der Waals surface area contributed by atoms with Crippen molar-refractivity contribution < 1.29 is 19.2 Å². The van der Waals surface area contributed by atoms with Crippen LogP contribution in [0.5, 0.6) is 0 Å². The highest BCUT2D eigenvalue weighted by Gasteiger charge is 2.22. The lowest BCUT2D eigenvalue weighted by Crippen LogP contribution is -2.31. The van der Waals surface area contributed by atoms with E-state index in [9.17, 15) is 19.7 Å². The van der Waals surface area contributed by atoms with Gasteiger partial charge in [0.05, 0.1) is 11.0 Å². The molecule has 0 saturated carbocycles. The minimum atomic E-state index is -0.987. The molecule has 27 heavy (non-hydrogen) atoms. The number of rotatable bonds is 7. The first-order valence-corrected chi connectivity index (χ1v) is 8.69. The lowest BCUT2D eigenvalue weighted by atomic mass is 10.1. The van der Waals surface area contributed by atoms with Crippen LogP contribution in [0.25, 0.3) is 0 Å². The molecule has 0 radical (unpaired) electrons. The smallest absolute Gasteiger partial charge is 0.345 e. The van der Waals surface area contributed by atoms with Crippen molar-refractivity contribution in [1.82, 2.24) is 5.32 Å². The number of hydrogen-bond acceptors (Lipinski definition) is 5. The van der Waals surface area contributed by atoms with Crippen LogP contribution in [0.15, 0.2) is 42.5 Å². The Balaban J connectivity index is 1.96. The van der Waals surface area contributed by atoms with Crippen LogP contribution in [0.4, 0.5) is 5.69 Å². The maximum absolute atomic E-state index is 12.1. The molecule has 0 saturated heterocycles. The summed E-state index contributed by atoms with van der Waals surface area (Å²) < 4.78 is 4.89. The Labute approximate surface area is 161 Å². The number of ether oxygens (including phenoxy) is 1. The van der Waals surface area contributed by atoms with Crippen LogP contribution < -0.4 is 5.32 Å². The van der Waals surface area contributed by atoms with Crippen molar-refractivity contribution in [1.29, 1.82) is 0 Å². The number of nitro groups is 1. The molecule has 0 bridgehead atoms. The Morgan fingerprint density at radius 3 is 2.48 bits per heavy atom. The highest BCUT2D eigenvalue weighted by Crippen LogP contribution is 2.23. The molecule has 8 heteroatoms. The van der Waals surface area contributed by atoms with Gasteiger partial charge in [0.25, 0.3) is 11.6 Å². The first kappa shape index (κ1) is 20.4. The monoisotopic (exact) mass is 390 g/mol. The zero-order chi connectivity index (χ0) is 20.0. The lowest BCUT2D eigenvalue weighted by molar-refractivity contribution is -0.385. The summed E-state index contributed by atoms with van der Waals surface area (Å²) in [5, 5.41) is 13.9. The van der Waals surface area contributed by atoms with Crippen molar-refractivity contribution in [2.75, 3.05) is 6.61 Å². The van der Waals surface area contributed by atoms with Gasteiger partial charge in [0.15, 0.2) is 6.61 Å². The quantitative estimate of drug-likeness (QED) is 0.440. The molecule has 0 fully saturated rings. The molecule has 142 valence electrons. The predicted molar refractivity (Wildman–Crippen MR) is 101 cm³/mol. The van der Waals surface area contributed by atoms with Gasteiger partial charge in [0, 0.05) is 11.1 Å². The van der Waals surface area contributed by atoms with Gasteiger partial charge < -0.3 is 10.1 Å². The van der Waals surface area contributed by atoms with Gasteiger partial charge >= 0.3 is 5.97 Å². The van der Waals surface area contributed by atoms with Gasteiger partial charge in [-0.05, 0) is 36.6 Å². The van der Waals surface area contributed by atoms with Crippen LogP contribution in [0.3, 0.4) is 0 Å². The third kappa shape index (κ3) is 5.52. The molecule has 0 unspecified atom stereocenters. The van der Waals surface area contributed by atoms with Crippen molar-refractivity contribution in [3.05, 3.63) is 74.3 Å². The molecule has 2 aromatic rings. The molecule has 2 rings (SSSR count). The second-order valence-electron chi connectivity index (χ2n) is 5.88. The molecule has 0 spiro atoms. The average molecular weight is 391 g/mol. The maximum Gasteiger partial charge on any atom is 0.345 e. The molecule has 0 aliphatic carbocycles. The lowest BCUT2D eigenvalue weighted by Gasteiger charge is -2.15. The topological polar surface area (TPSA) is 98.5 Å². The normalized spacial score (nSPS) is 11.5. The molecule has 0 aliphatic rings. The van der Waals surface area contributed by atoms with Crippen LogP contribution in [0.2, 0.25) is 5.02 Å². The highest BCUT2D eigenvalue weighted by molar-refractivity contribution is 6.31. The van der Waals surface area contributed by atoms with Crippen LogP contribution >= 0.6 is 11.6 Å². The number of esters is 1. The third-order valence-corrected chi connectivity index (χ3v) is 4.21. The third-order valence-electron chi connectivity index (χ3n) is 3.98. The first-order valence-electron chi connectivity index (χ1n) is 8.31. The minimum absolute atomic E-state index is 0.154. The zero-order valence-electron chi connectivity index (χ0n) is 14.9. The zero-order valence-corrected chi connectivity index (χ0v) is 15.7. The standard InChI is InChI=1S/C19H19ClN2O5/c1-3-13-4-6-14(7-5-13)12(2)21-18(23)11-27-19(24)16-10-15(20)8-9-17(16)22(25)26/h4-10,12H,3,11H2,1-2H3,(H,21,23)/t12-/m0/s1. The summed E-state index contributed by atoms with van der Waals surface area (Å²) in [5.41, 5.74) is 1.37. The molecule has 1 amide bonds. The van der Waals surface area contributed by atoms with Crippen molar-refractivity contribution in [2.24, 2.45) is 0 Å². The molecule has 1 N–H and O–H groups in total. The fourth-order valence-electron chi connectivity index (χ4n) is 2.45. The Hall–Kier alpha value is -2.93. The number of carbonyl (C=O) groups is 2. The number of benzene rings is 2. The molecule has 0 aliphatic heterocycles. The van der Waals surface area contributed by atoms with Crippen molar-refractivity contribution in [3.63, 3.8) is 0 Å². The SMILES string of the molecule is CCc1ccc([C@H](C)NC(=O)COC(=O)c2cc(Cl)ccc2[N+](=O)[O-])cc1. The minimum Gasteiger partial charge on any atom is -0.452 e. The molecule has 1 atom stereocenters. The predicted octanol–water partition coefficient (Wildman–Crippen LogP) is 3.84. The number of carbonyl (C=O) groups excluding carboxylic acids is 2. The Morgan fingerprint density at radius 2 is 1.89 bits per heavy atom. The van der Waals surface area contributed by atoms with Crippen molar-refractivity contribution in [3.8, 4) is 0 Å². The van der Waals surface area contributed by atoms with E-state index in [4.69, 9.17) is 16.3 Å².